The van der Waals surface area contributed by atoms with Crippen LogP contribution in [0.2, 0.25) is 0 Å². The Hall–Kier alpha value is -17.6. The summed E-state index contributed by atoms with van der Waals surface area (Å²) in [6.45, 7) is 0. The van der Waals surface area contributed by atoms with Crippen LogP contribution in [0, 0.1) is 0 Å². The van der Waals surface area contributed by atoms with E-state index in [4.69, 9.17) is 49.8 Å². The van der Waals surface area contributed by atoms with Gasteiger partial charge in [-0.2, -0.15) is 0 Å². The zero-order chi connectivity index (χ0) is 89.0. The predicted octanol–water partition coefficient (Wildman–Crippen LogP) is 29.5. The third-order valence-corrected chi connectivity index (χ3v) is 28.7. The summed E-state index contributed by atoms with van der Waals surface area (Å²) in [6, 6.07) is 153. The average Bonchev–Trinajstić information content (AvgIpc) is 0.753. The van der Waals surface area contributed by atoms with E-state index in [9.17, 15) is 0 Å². The van der Waals surface area contributed by atoms with Gasteiger partial charge in [0.1, 0.15) is 0 Å². The van der Waals surface area contributed by atoms with Gasteiger partial charge in [0, 0.05) is 133 Å². The molecule has 0 bridgehead atoms. The number of rotatable bonds is 12. The topological polar surface area (TPSA) is 146 Å². The van der Waals surface area contributed by atoms with Crippen molar-refractivity contribution in [3.63, 3.8) is 0 Å². The SMILES string of the molecule is O=P(c1ccccc1)(c1ccccc1)c1cnc(-c2nc3ccccc3c3c2ccc2ccccc23)c2ccccc12.c1ccc(-c2cc(-c3ccccc3)nc(-c3cnc(-c4nc5ccccc5c5c4ccc4ccccc45)c4ccccc34)n2)cc1.c1ccc(-c2cc(-c3cnc(-c4nc5ccccc5c5c4ccc4ccccc45)c4ccccc34)nc(-c3ccccc3)n2)cc1. The normalized spacial score (nSPS) is 11.6. The summed E-state index contributed by atoms with van der Waals surface area (Å²) in [7, 11) is -3.24. The number of para-hydroxylation sites is 3. The van der Waals surface area contributed by atoms with Crippen molar-refractivity contribution in [2.75, 3.05) is 0 Å². The second kappa shape index (κ2) is 34.1. The maximum Gasteiger partial charge on any atom is 0.173 e. The van der Waals surface area contributed by atoms with E-state index >= 15 is 4.57 Å². The lowest BCUT2D eigenvalue weighted by molar-refractivity contribution is 0.592. The third kappa shape index (κ3) is 14.2. The van der Waals surface area contributed by atoms with E-state index in [-0.39, 0.29) is 0 Å². The van der Waals surface area contributed by atoms with Gasteiger partial charge < -0.3 is 4.57 Å². The predicted molar refractivity (Wildman–Crippen MR) is 556 cm³/mol. The standard InChI is InChI=1S/2C42H26N4.C38H25N2OP/c1-3-14-28(15-4-1)37-25-38(46-42(45-37)29-16-5-2-6-17-29)35-26-43-40(32-20-10-9-19-31(32)35)41-34-24-23-27-13-7-8-18-30(27)39(34)33-21-11-12-22-36(33)44-41;1-3-14-28(15-4-1)37-25-38(29-16-5-2-6-17-29)46-42(45-37)35-26-43-40(32-20-10-9-19-31(32)35)41-34-24-23-27-13-7-8-18-30(27)39(34)33-21-11-12-22-36(33)44-41;41-42(27-14-3-1-4-15-27,28-16-5-2-6-17-28)35-25-39-37(31-20-10-9-19-30(31)35)38-33-24-23-26-13-7-8-18-29(26)36(33)32-21-11-12-22-34(32)40-38/h2*1-26H;1-25H. The fourth-order valence-corrected chi connectivity index (χ4v) is 22.1. The highest BCUT2D eigenvalue weighted by Crippen LogP contribution is 2.49. The fourth-order valence-electron chi connectivity index (χ4n) is 19.3. The highest BCUT2D eigenvalue weighted by Gasteiger charge is 2.34. The summed E-state index contributed by atoms with van der Waals surface area (Å²) in [5, 5.41) is 25.7. The molecule has 0 spiro atoms. The summed E-state index contributed by atoms with van der Waals surface area (Å²) in [5.74, 6) is 1.32. The average molecular weight is 1730 g/mol. The van der Waals surface area contributed by atoms with Crippen molar-refractivity contribution in [1.82, 2.24) is 49.8 Å². The molecular weight excluding hydrogens is 1650 g/mol. The van der Waals surface area contributed by atoms with Gasteiger partial charge in [-0.25, -0.2) is 34.9 Å². The van der Waals surface area contributed by atoms with E-state index < -0.39 is 7.14 Å². The molecule has 0 aliphatic rings. The first-order valence-electron chi connectivity index (χ1n) is 44.8. The molecule has 134 heavy (non-hydrogen) atoms. The first kappa shape index (κ1) is 79.7. The maximum atomic E-state index is 15.4. The number of hydrogen-bond donors (Lipinski definition) is 0. The molecule has 0 amide bonds. The summed E-state index contributed by atoms with van der Waals surface area (Å²) in [6.07, 6.45) is 5.69. The molecule has 11 nitrogen and oxygen atoms in total. The lowest BCUT2D eigenvalue weighted by atomic mass is 9.94. The van der Waals surface area contributed by atoms with Crippen molar-refractivity contribution in [3.8, 4) is 102 Å². The van der Waals surface area contributed by atoms with Crippen LogP contribution in [0.1, 0.15) is 0 Å². The minimum atomic E-state index is -3.24. The fraction of sp³-hybridized carbons (Fsp3) is 0. The van der Waals surface area contributed by atoms with Crippen molar-refractivity contribution >= 4 is 153 Å². The first-order chi connectivity index (χ1) is 66.4. The van der Waals surface area contributed by atoms with Crippen LogP contribution in [0.3, 0.4) is 0 Å². The van der Waals surface area contributed by atoms with Gasteiger partial charge in [0.2, 0.25) is 0 Å². The Kier molecular flexibility index (Phi) is 20.3. The van der Waals surface area contributed by atoms with Gasteiger partial charge in [-0.15, -0.1) is 0 Å². The van der Waals surface area contributed by atoms with Crippen LogP contribution in [0.25, 0.3) is 232 Å². The molecule has 0 fully saturated rings. The van der Waals surface area contributed by atoms with E-state index in [1.165, 1.54) is 48.5 Å². The van der Waals surface area contributed by atoms with E-state index in [0.717, 1.165) is 187 Å². The zero-order valence-electron chi connectivity index (χ0n) is 72.3. The van der Waals surface area contributed by atoms with Crippen molar-refractivity contribution in [2.45, 2.75) is 0 Å². The number of aromatic nitrogens is 10. The molecule has 8 heterocycles. The van der Waals surface area contributed by atoms with Gasteiger partial charge in [0.05, 0.1) is 73.5 Å². The second-order valence-electron chi connectivity index (χ2n) is 33.4. The van der Waals surface area contributed by atoms with Gasteiger partial charge in [0.25, 0.3) is 0 Å². The molecule has 26 aromatic rings. The van der Waals surface area contributed by atoms with Crippen molar-refractivity contribution in [1.29, 1.82) is 0 Å². The Morgan fingerprint density at radius 2 is 0.455 bits per heavy atom. The summed E-state index contributed by atoms with van der Waals surface area (Å²) in [4.78, 5) is 51.4. The molecule has 12 heteroatoms. The first-order valence-corrected chi connectivity index (χ1v) is 46.5. The van der Waals surface area contributed by atoms with Gasteiger partial charge in [0.15, 0.2) is 18.8 Å². The van der Waals surface area contributed by atoms with E-state index in [0.29, 0.717) is 11.6 Å². The van der Waals surface area contributed by atoms with Gasteiger partial charge in [-0.05, 0) is 78.8 Å². The van der Waals surface area contributed by atoms with Crippen molar-refractivity contribution in [3.05, 3.63) is 468 Å². The molecule has 26 rings (SSSR count). The van der Waals surface area contributed by atoms with Crippen LogP contribution in [-0.4, -0.2) is 49.8 Å². The van der Waals surface area contributed by atoms with Crippen LogP contribution >= 0.6 is 7.14 Å². The van der Waals surface area contributed by atoms with E-state index in [2.05, 4.69) is 279 Å². The second-order valence-corrected chi connectivity index (χ2v) is 36.1. The molecule has 626 valence electrons. The number of nitrogens with zero attached hydrogens (tertiary/aromatic N) is 10. The largest absolute Gasteiger partial charge is 0.309 e. The highest BCUT2D eigenvalue weighted by molar-refractivity contribution is 7.85. The van der Waals surface area contributed by atoms with Crippen LogP contribution in [0.15, 0.2) is 468 Å². The molecule has 0 N–H and O–H groups in total. The summed E-state index contributed by atoms with van der Waals surface area (Å²) in [5.41, 5.74) is 17.2. The molecule has 0 aliphatic heterocycles. The lowest BCUT2D eigenvalue weighted by Crippen LogP contribution is -2.26. The smallest absolute Gasteiger partial charge is 0.173 e. The Morgan fingerprint density at radius 1 is 0.179 bits per heavy atom. The van der Waals surface area contributed by atoms with Crippen molar-refractivity contribution in [2.24, 2.45) is 0 Å². The molecule has 0 atom stereocenters. The number of fused-ring (bicyclic) bond motifs is 18. The zero-order valence-corrected chi connectivity index (χ0v) is 73.2. The summed E-state index contributed by atoms with van der Waals surface area (Å²) >= 11 is 0. The Bertz CT molecular complexity index is 8610. The van der Waals surface area contributed by atoms with Crippen molar-refractivity contribution < 1.29 is 4.57 Å². The number of hydrogen-bond acceptors (Lipinski definition) is 11. The molecule has 0 radical (unpaired) electrons. The quantitative estimate of drug-likeness (QED) is 0.0851. The molecule has 18 aromatic carbocycles. The Balaban J connectivity index is 0.000000111. The van der Waals surface area contributed by atoms with Gasteiger partial charge in [-0.3, -0.25) is 15.0 Å². The monoisotopic (exact) mass is 1730 g/mol. The van der Waals surface area contributed by atoms with Gasteiger partial charge >= 0.3 is 0 Å². The molecular formula is C122H77N10OP. The van der Waals surface area contributed by atoms with Crippen LogP contribution in [-0.2, 0) is 4.57 Å². The number of pyridine rings is 6. The Morgan fingerprint density at radius 3 is 0.851 bits per heavy atom. The van der Waals surface area contributed by atoms with Crippen LogP contribution in [0.5, 0.6) is 0 Å². The molecule has 0 unspecified atom stereocenters. The van der Waals surface area contributed by atoms with Crippen LogP contribution < -0.4 is 15.9 Å². The maximum absolute atomic E-state index is 15.4. The minimum Gasteiger partial charge on any atom is -0.309 e. The molecule has 8 aromatic heterocycles. The van der Waals surface area contributed by atoms with Crippen LogP contribution in [0.4, 0.5) is 0 Å². The third-order valence-electron chi connectivity index (χ3n) is 25.6. The number of benzene rings is 18. The van der Waals surface area contributed by atoms with E-state index in [1.807, 2.05) is 188 Å². The highest BCUT2D eigenvalue weighted by atomic mass is 31.2. The Labute approximate surface area is 771 Å². The minimum absolute atomic E-state index is 0.637. The lowest BCUT2D eigenvalue weighted by Gasteiger charge is -2.22. The summed E-state index contributed by atoms with van der Waals surface area (Å²) < 4.78 is 15.4. The molecule has 0 saturated heterocycles. The van der Waals surface area contributed by atoms with Gasteiger partial charge in [-0.1, -0.05) is 419 Å². The molecule has 0 saturated carbocycles. The molecule has 0 aliphatic carbocycles. The van der Waals surface area contributed by atoms with E-state index in [1.54, 1.807) is 0 Å².